The molecular weight excluding hydrogens is 460 g/mol. The molecule has 0 aliphatic carbocycles. The minimum atomic E-state index is -1.07. The number of phenols is 1. The number of phenolic OH excluding ortho intramolecular Hbond substituents is 1. The third-order valence-electron chi connectivity index (χ3n) is 4.09. The first kappa shape index (κ1) is 30.9. The molecule has 0 aliphatic rings. The predicted octanol–water partition coefficient (Wildman–Crippen LogP) is 4.90. The minimum Gasteiger partial charge on any atom is -0.508 e. The zero-order chi connectivity index (χ0) is 25.2. The number of esters is 1. The summed E-state index contributed by atoms with van der Waals surface area (Å²) in [5.74, 6) is 0.835. The topological polar surface area (TPSA) is 82.1 Å². The third-order valence-corrected chi connectivity index (χ3v) is 6.40. The molecule has 0 saturated carbocycles. The summed E-state index contributed by atoms with van der Waals surface area (Å²) in [6.45, 7) is 6.19. The van der Waals surface area contributed by atoms with Gasteiger partial charge in [0.05, 0.1) is 19.3 Å². The molecule has 2 aromatic rings. The van der Waals surface area contributed by atoms with Crippen LogP contribution in [-0.4, -0.2) is 54.7 Å². The van der Waals surface area contributed by atoms with Gasteiger partial charge in [0.15, 0.2) is 16.0 Å². The van der Waals surface area contributed by atoms with E-state index in [1.165, 1.54) is 18.3 Å². The van der Waals surface area contributed by atoms with E-state index in [-0.39, 0.29) is 28.7 Å². The van der Waals surface area contributed by atoms with Gasteiger partial charge in [-0.05, 0) is 57.2 Å². The number of ether oxygens (including phenoxy) is 2. The molecule has 0 bridgehead atoms. The van der Waals surface area contributed by atoms with Crippen molar-refractivity contribution in [2.24, 2.45) is 0 Å². The number of benzene rings is 2. The second-order valence-corrected chi connectivity index (χ2v) is 10.0. The second kappa shape index (κ2) is 18.3. The number of allylic oxidation sites excluding steroid dienone is 2. The number of hydrogen-bond acceptors (Lipinski definition) is 6. The van der Waals surface area contributed by atoms with Crippen LogP contribution < -0.4 is 0 Å². The van der Waals surface area contributed by atoms with Crippen molar-refractivity contribution >= 4 is 27.9 Å². The first-order valence-electron chi connectivity index (χ1n) is 10.3. The van der Waals surface area contributed by atoms with Crippen molar-refractivity contribution in [2.45, 2.75) is 37.5 Å². The quantitative estimate of drug-likeness (QED) is 0.317. The van der Waals surface area contributed by atoms with Crippen LogP contribution in [0.5, 0.6) is 5.75 Å². The van der Waals surface area contributed by atoms with E-state index in [0.29, 0.717) is 12.2 Å². The van der Waals surface area contributed by atoms with Crippen molar-refractivity contribution in [2.75, 3.05) is 33.3 Å². The summed E-state index contributed by atoms with van der Waals surface area (Å²) in [6.07, 6.45) is 7.37. The Labute approximate surface area is 204 Å². The van der Waals surface area contributed by atoms with Crippen molar-refractivity contribution < 1.29 is 27.8 Å². The Balaban J connectivity index is 0.000000968. The molecule has 2 aromatic carbocycles. The fraction of sp³-hybridized carbons (Fsp3) is 0.400. The normalized spacial score (nSPS) is 13.1. The van der Waals surface area contributed by atoms with Crippen LogP contribution in [0.15, 0.2) is 65.6 Å². The summed E-state index contributed by atoms with van der Waals surface area (Å²) in [7, 11) is 3.01. The van der Waals surface area contributed by atoms with E-state index < -0.39 is 11.1 Å². The summed E-state index contributed by atoms with van der Waals surface area (Å²) in [4.78, 5) is 13.2. The molecule has 0 radical (unpaired) electrons. The highest BCUT2D eigenvalue weighted by Crippen LogP contribution is 2.20. The van der Waals surface area contributed by atoms with Crippen molar-refractivity contribution in [1.29, 1.82) is 0 Å². The maximum atomic E-state index is 12.0. The van der Waals surface area contributed by atoms with Crippen LogP contribution in [0.4, 0.5) is 0 Å². The van der Waals surface area contributed by atoms with Crippen molar-refractivity contribution in [3.05, 3.63) is 71.8 Å². The zero-order valence-corrected chi connectivity index (χ0v) is 22.2. The number of carbonyl (C=O) groups is 1. The Kier molecular flexibility index (Phi) is 17.1. The molecule has 0 aromatic heterocycles. The van der Waals surface area contributed by atoms with E-state index in [1.54, 1.807) is 38.3 Å². The highest BCUT2D eigenvalue weighted by atomic mass is 32.2. The van der Waals surface area contributed by atoms with Crippen molar-refractivity contribution in [3.8, 4) is 5.75 Å². The van der Waals surface area contributed by atoms with Gasteiger partial charge in [-0.2, -0.15) is 0 Å². The monoisotopic (exact) mass is 497 g/mol. The lowest BCUT2D eigenvalue weighted by molar-refractivity contribution is 0.0120. The standard InChI is InChI=1S/C19H22O4S.C4H8.C2H6O2S/c1-14(12-22-2)23-19(21)16-6-4-15(5-7-16)13-24(3)18-10-8-17(20)9-11-18;1-3-4-2;1-4-5(2)3/h4-11,14H,12-13H2,1-3H3;3-4H,1-2H3;1-2H3/p+1/b;4-3-;. The molecule has 1 N–H and O–H groups in total. The lowest BCUT2D eigenvalue weighted by atomic mass is 10.1. The third kappa shape index (κ3) is 14.6. The highest BCUT2D eigenvalue weighted by molar-refractivity contribution is 7.95. The molecule has 0 aliphatic heterocycles. The second-order valence-electron chi connectivity index (χ2n) is 6.88. The molecule has 184 valence electrons. The predicted molar refractivity (Wildman–Crippen MR) is 138 cm³/mol. The fourth-order valence-corrected chi connectivity index (χ4v) is 3.73. The molecule has 0 amide bonds. The van der Waals surface area contributed by atoms with E-state index in [1.807, 2.05) is 50.3 Å². The van der Waals surface area contributed by atoms with Crippen LogP contribution in [0.2, 0.25) is 0 Å². The molecule has 0 spiro atoms. The van der Waals surface area contributed by atoms with Gasteiger partial charge in [0.25, 0.3) is 0 Å². The summed E-state index contributed by atoms with van der Waals surface area (Å²) >= 11 is -1.07. The molecule has 3 unspecified atom stereocenters. The summed E-state index contributed by atoms with van der Waals surface area (Å²) in [5.41, 5.74) is 1.71. The number of carbonyl (C=O) groups excluding carboxylic acids is 1. The van der Waals surface area contributed by atoms with Gasteiger partial charge in [0.1, 0.15) is 23.9 Å². The lowest BCUT2D eigenvalue weighted by Gasteiger charge is -2.12. The van der Waals surface area contributed by atoms with E-state index >= 15 is 0 Å². The van der Waals surface area contributed by atoms with Crippen LogP contribution in [0, 0.1) is 0 Å². The van der Waals surface area contributed by atoms with Gasteiger partial charge < -0.3 is 14.6 Å². The Hall–Kier alpha value is -2.13. The molecule has 0 heterocycles. The Morgan fingerprint density at radius 2 is 1.58 bits per heavy atom. The molecule has 6 nitrogen and oxygen atoms in total. The fourth-order valence-electron chi connectivity index (χ4n) is 2.27. The van der Waals surface area contributed by atoms with Gasteiger partial charge in [-0.1, -0.05) is 24.3 Å². The Morgan fingerprint density at radius 3 is 2.00 bits per heavy atom. The smallest absolute Gasteiger partial charge is 0.338 e. The lowest BCUT2D eigenvalue weighted by Crippen LogP contribution is -2.19. The molecule has 0 saturated heterocycles. The summed E-state index contributed by atoms with van der Waals surface area (Å²) in [5, 5.41) is 9.36. The van der Waals surface area contributed by atoms with E-state index in [4.69, 9.17) is 9.47 Å². The SMILES string of the molecule is C/C=C\C.COCC(C)OC(=O)c1ccc(C[S+](C)c2ccc(O)cc2)cc1.COS(C)=O. The molecule has 2 rings (SSSR count). The van der Waals surface area contributed by atoms with Gasteiger partial charge in [-0.25, -0.2) is 9.00 Å². The number of hydrogen-bond donors (Lipinski definition) is 1. The number of aromatic hydroxyl groups is 1. The highest BCUT2D eigenvalue weighted by Gasteiger charge is 2.17. The summed E-state index contributed by atoms with van der Waals surface area (Å²) < 4.78 is 24.2. The molecular formula is C25H37O6S2+. The van der Waals surface area contributed by atoms with E-state index in [2.05, 4.69) is 10.4 Å². The Morgan fingerprint density at radius 1 is 1.06 bits per heavy atom. The maximum Gasteiger partial charge on any atom is 0.338 e. The van der Waals surface area contributed by atoms with Gasteiger partial charge in [0, 0.05) is 29.8 Å². The largest absolute Gasteiger partial charge is 0.508 e. The first-order chi connectivity index (χ1) is 15.7. The number of methoxy groups -OCH3 is 1. The molecule has 0 fully saturated rings. The van der Waals surface area contributed by atoms with Crippen molar-refractivity contribution in [3.63, 3.8) is 0 Å². The molecule has 3 atom stereocenters. The average molecular weight is 498 g/mol. The Bertz CT molecular complexity index is 831. The van der Waals surface area contributed by atoms with Gasteiger partial charge >= 0.3 is 5.97 Å². The zero-order valence-electron chi connectivity index (χ0n) is 20.6. The van der Waals surface area contributed by atoms with Gasteiger partial charge in [-0.15, -0.1) is 0 Å². The first-order valence-corrected chi connectivity index (χ1v) is 13.6. The van der Waals surface area contributed by atoms with Crippen LogP contribution in [0.3, 0.4) is 0 Å². The molecule has 33 heavy (non-hydrogen) atoms. The summed E-state index contributed by atoms with van der Waals surface area (Å²) in [6, 6.07) is 14.8. The maximum absolute atomic E-state index is 12.0. The van der Waals surface area contributed by atoms with Gasteiger partial charge in [-0.3, -0.25) is 4.18 Å². The van der Waals surface area contributed by atoms with Crippen LogP contribution in [0.25, 0.3) is 0 Å². The number of rotatable bonds is 8. The van der Waals surface area contributed by atoms with E-state index in [0.717, 1.165) is 11.3 Å². The van der Waals surface area contributed by atoms with Gasteiger partial charge in [0.2, 0.25) is 0 Å². The molecule has 8 heteroatoms. The van der Waals surface area contributed by atoms with Crippen molar-refractivity contribution in [1.82, 2.24) is 0 Å². The minimum absolute atomic E-state index is 0.0344. The van der Waals surface area contributed by atoms with Crippen LogP contribution in [-0.2, 0) is 41.4 Å². The average Bonchev–Trinajstić information content (AvgIpc) is 2.80. The van der Waals surface area contributed by atoms with Crippen LogP contribution in [0.1, 0.15) is 36.7 Å². The van der Waals surface area contributed by atoms with E-state index in [9.17, 15) is 14.1 Å². The van der Waals surface area contributed by atoms with Crippen LogP contribution >= 0.6 is 0 Å².